The minimum absolute atomic E-state index is 0.160. The number of carbonyl (C=O) groups is 1. The number of benzene rings is 1. The molecule has 0 aliphatic rings. The SMILES string of the molecule is CNc1ncccc1C(=O)NCc1ccc(Cl)cc1. The first-order valence-corrected chi connectivity index (χ1v) is 6.24. The summed E-state index contributed by atoms with van der Waals surface area (Å²) in [4.78, 5) is 16.1. The third kappa shape index (κ3) is 3.45. The van der Waals surface area contributed by atoms with Crippen molar-refractivity contribution in [2.45, 2.75) is 6.54 Å². The second-order valence-corrected chi connectivity index (χ2v) is 4.40. The lowest BCUT2D eigenvalue weighted by Crippen LogP contribution is -2.24. The van der Waals surface area contributed by atoms with Gasteiger partial charge in [-0.2, -0.15) is 0 Å². The Hall–Kier alpha value is -2.07. The van der Waals surface area contributed by atoms with E-state index in [0.717, 1.165) is 5.56 Å². The molecule has 2 rings (SSSR count). The molecule has 1 aromatic carbocycles. The number of anilines is 1. The molecule has 0 fully saturated rings. The molecule has 1 aromatic heterocycles. The molecule has 0 unspecified atom stereocenters. The van der Waals surface area contributed by atoms with Gasteiger partial charge >= 0.3 is 0 Å². The smallest absolute Gasteiger partial charge is 0.255 e. The quantitative estimate of drug-likeness (QED) is 0.902. The van der Waals surface area contributed by atoms with E-state index < -0.39 is 0 Å². The van der Waals surface area contributed by atoms with Crippen molar-refractivity contribution in [2.75, 3.05) is 12.4 Å². The Kier molecular flexibility index (Phi) is 4.36. The average Bonchev–Trinajstić information content (AvgIpc) is 2.46. The highest BCUT2D eigenvalue weighted by molar-refractivity contribution is 6.30. The molecule has 0 saturated heterocycles. The molecule has 0 aliphatic heterocycles. The van der Waals surface area contributed by atoms with E-state index in [4.69, 9.17) is 11.6 Å². The van der Waals surface area contributed by atoms with Crippen LogP contribution in [-0.2, 0) is 6.54 Å². The van der Waals surface area contributed by atoms with Gasteiger partial charge in [0.15, 0.2) is 0 Å². The van der Waals surface area contributed by atoms with Crippen LogP contribution in [0.4, 0.5) is 5.82 Å². The highest BCUT2D eigenvalue weighted by Gasteiger charge is 2.10. The van der Waals surface area contributed by atoms with Gasteiger partial charge in [0.2, 0.25) is 0 Å². The van der Waals surface area contributed by atoms with Gasteiger partial charge in [-0.3, -0.25) is 4.79 Å². The van der Waals surface area contributed by atoms with Crippen molar-refractivity contribution < 1.29 is 4.79 Å². The summed E-state index contributed by atoms with van der Waals surface area (Å²) in [5.74, 6) is 0.406. The first-order valence-electron chi connectivity index (χ1n) is 5.86. The van der Waals surface area contributed by atoms with Gasteiger partial charge in [-0.05, 0) is 29.8 Å². The highest BCUT2D eigenvalue weighted by atomic mass is 35.5. The zero-order valence-electron chi connectivity index (χ0n) is 10.5. The molecule has 0 bridgehead atoms. The van der Waals surface area contributed by atoms with E-state index in [9.17, 15) is 4.79 Å². The standard InChI is InChI=1S/C14H14ClN3O/c1-16-13-12(3-2-8-17-13)14(19)18-9-10-4-6-11(15)7-5-10/h2-8H,9H2,1H3,(H,16,17)(H,18,19). The summed E-state index contributed by atoms with van der Waals surface area (Å²) in [7, 11) is 1.73. The summed E-state index contributed by atoms with van der Waals surface area (Å²) in [6, 6.07) is 10.8. The third-order valence-corrected chi connectivity index (χ3v) is 2.91. The maximum absolute atomic E-state index is 12.0. The largest absolute Gasteiger partial charge is 0.372 e. The van der Waals surface area contributed by atoms with Gasteiger partial charge in [0.1, 0.15) is 5.82 Å². The van der Waals surface area contributed by atoms with Crippen LogP contribution in [0.15, 0.2) is 42.6 Å². The first kappa shape index (κ1) is 13.4. The second-order valence-electron chi connectivity index (χ2n) is 3.96. The van der Waals surface area contributed by atoms with Crippen LogP contribution < -0.4 is 10.6 Å². The summed E-state index contributed by atoms with van der Waals surface area (Å²) in [6.07, 6.45) is 1.64. The molecule has 2 aromatic rings. The fourth-order valence-electron chi connectivity index (χ4n) is 1.67. The van der Waals surface area contributed by atoms with E-state index in [-0.39, 0.29) is 5.91 Å². The van der Waals surface area contributed by atoms with Gasteiger partial charge in [0.05, 0.1) is 5.56 Å². The molecular formula is C14H14ClN3O. The Balaban J connectivity index is 2.03. The van der Waals surface area contributed by atoms with E-state index in [1.54, 1.807) is 37.5 Å². The number of rotatable bonds is 4. The van der Waals surface area contributed by atoms with Crippen molar-refractivity contribution >= 4 is 23.3 Å². The molecule has 1 amide bonds. The van der Waals surface area contributed by atoms with Crippen molar-refractivity contribution in [1.82, 2.24) is 10.3 Å². The number of aromatic nitrogens is 1. The van der Waals surface area contributed by atoms with E-state index in [1.165, 1.54) is 0 Å². The summed E-state index contributed by atoms with van der Waals surface area (Å²) in [6.45, 7) is 0.452. The Morgan fingerprint density at radius 2 is 2.00 bits per heavy atom. The predicted octanol–water partition coefficient (Wildman–Crippen LogP) is 2.71. The molecule has 5 heteroatoms. The number of hydrogen-bond acceptors (Lipinski definition) is 3. The molecule has 98 valence electrons. The number of carbonyl (C=O) groups excluding carboxylic acids is 1. The van der Waals surface area contributed by atoms with Crippen LogP contribution in [0.3, 0.4) is 0 Å². The highest BCUT2D eigenvalue weighted by Crippen LogP contribution is 2.12. The van der Waals surface area contributed by atoms with E-state index >= 15 is 0 Å². The van der Waals surface area contributed by atoms with Gasteiger partial charge in [0.25, 0.3) is 5.91 Å². The lowest BCUT2D eigenvalue weighted by atomic mass is 10.2. The van der Waals surface area contributed by atoms with Crippen molar-refractivity contribution in [2.24, 2.45) is 0 Å². The summed E-state index contributed by atoms with van der Waals surface area (Å²) >= 11 is 5.81. The monoisotopic (exact) mass is 275 g/mol. The van der Waals surface area contributed by atoms with E-state index in [0.29, 0.717) is 22.9 Å². The lowest BCUT2D eigenvalue weighted by Gasteiger charge is -2.08. The number of hydrogen-bond donors (Lipinski definition) is 2. The number of nitrogens with zero attached hydrogens (tertiary/aromatic N) is 1. The fourth-order valence-corrected chi connectivity index (χ4v) is 1.79. The maximum Gasteiger partial charge on any atom is 0.255 e. The van der Waals surface area contributed by atoms with Crippen molar-refractivity contribution in [3.8, 4) is 0 Å². The topological polar surface area (TPSA) is 54.0 Å². The zero-order valence-corrected chi connectivity index (χ0v) is 11.2. The molecule has 0 aliphatic carbocycles. The van der Waals surface area contributed by atoms with E-state index in [2.05, 4.69) is 15.6 Å². The van der Waals surface area contributed by atoms with Crippen LogP contribution in [0.2, 0.25) is 5.02 Å². The molecule has 0 atom stereocenters. The number of nitrogens with one attached hydrogen (secondary N) is 2. The molecule has 4 nitrogen and oxygen atoms in total. The predicted molar refractivity (Wildman–Crippen MR) is 76.4 cm³/mol. The van der Waals surface area contributed by atoms with Crippen LogP contribution in [0.1, 0.15) is 15.9 Å². The van der Waals surface area contributed by atoms with Gasteiger partial charge in [0, 0.05) is 24.8 Å². The summed E-state index contributed by atoms with van der Waals surface area (Å²) in [5.41, 5.74) is 1.52. The summed E-state index contributed by atoms with van der Waals surface area (Å²) in [5, 5.41) is 6.42. The third-order valence-electron chi connectivity index (χ3n) is 2.66. The fraction of sp³-hybridized carbons (Fsp3) is 0.143. The second kappa shape index (κ2) is 6.20. The molecule has 0 saturated carbocycles. The van der Waals surface area contributed by atoms with Crippen LogP contribution in [0, 0.1) is 0 Å². The summed E-state index contributed by atoms with van der Waals surface area (Å²) < 4.78 is 0. The van der Waals surface area contributed by atoms with Crippen LogP contribution >= 0.6 is 11.6 Å². The molecule has 1 heterocycles. The molecular weight excluding hydrogens is 262 g/mol. The maximum atomic E-state index is 12.0. The molecule has 0 spiro atoms. The van der Waals surface area contributed by atoms with Crippen LogP contribution in [0.25, 0.3) is 0 Å². The van der Waals surface area contributed by atoms with Gasteiger partial charge in [-0.25, -0.2) is 4.98 Å². The minimum atomic E-state index is -0.160. The lowest BCUT2D eigenvalue weighted by molar-refractivity contribution is 0.0951. The zero-order chi connectivity index (χ0) is 13.7. The van der Waals surface area contributed by atoms with Crippen molar-refractivity contribution in [1.29, 1.82) is 0 Å². The van der Waals surface area contributed by atoms with Gasteiger partial charge in [-0.1, -0.05) is 23.7 Å². The van der Waals surface area contributed by atoms with E-state index in [1.807, 2.05) is 12.1 Å². The molecule has 19 heavy (non-hydrogen) atoms. The van der Waals surface area contributed by atoms with Gasteiger partial charge < -0.3 is 10.6 Å². The van der Waals surface area contributed by atoms with Crippen molar-refractivity contribution in [3.63, 3.8) is 0 Å². The number of pyridine rings is 1. The van der Waals surface area contributed by atoms with Crippen LogP contribution in [-0.4, -0.2) is 17.9 Å². The Bertz CT molecular complexity index is 569. The number of amides is 1. The Morgan fingerprint density at radius 1 is 1.26 bits per heavy atom. The Morgan fingerprint density at radius 3 is 2.68 bits per heavy atom. The average molecular weight is 276 g/mol. The van der Waals surface area contributed by atoms with Crippen LogP contribution in [0.5, 0.6) is 0 Å². The minimum Gasteiger partial charge on any atom is -0.372 e. The molecule has 2 N–H and O–H groups in total. The van der Waals surface area contributed by atoms with Gasteiger partial charge in [-0.15, -0.1) is 0 Å². The first-order chi connectivity index (χ1) is 9.20. The van der Waals surface area contributed by atoms with Crippen molar-refractivity contribution in [3.05, 3.63) is 58.7 Å². The molecule has 0 radical (unpaired) electrons. The normalized spacial score (nSPS) is 10.0. The Labute approximate surface area is 116 Å². The number of halogens is 1.